The molecule has 1 N–H and O–H groups in total. The van der Waals surface area contributed by atoms with Crippen molar-refractivity contribution < 1.29 is 13.2 Å². The van der Waals surface area contributed by atoms with Crippen molar-refractivity contribution in [1.82, 2.24) is 18.8 Å². The molecule has 0 aromatic heterocycles. The van der Waals surface area contributed by atoms with Crippen molar-refractivity contribution in [1.29, 1.82) is 0 Å². The van der Waals surface area contributed by atoms with E-state index < -0.39 is 10.2 Å². The summed E-state index contributed by atoms with van der Waals surface area (Å²) in [4.78, 5) is 13.2. The lowest BCUT2D eigenvalue weighted by Crippen LogP contribution is -2.64. The Bertz CT molecular complexity index is 474. The topological polar surface area (TPSA) is 73.0 Å². The van der Waals surface area contributed by atoms with Gasteiger partial charge in [-0.05, 0) is 19.8 Å². The maximum absolute atomic E-state index is 12.4. The van der Waals surface area contributed by atoms with Crippen LogP contribution in [0.1, 0.15) is 19.8 Å². The second-order valence-electron chi connectivity index (χ2n) is 5.51. The van der Waals surface area contributed by atoms with Crippen LogP contribution in [0.15, 0.2) is 0 Å². The number of amides is 2. The summed E-state index contributed by atoms with van der Waals surface area (Å²) in [5.41, 5.74) is 0. The Morgan fingerprint density at radius 1 is 1.26 bits per heavy atom. The highest BCUT2D eigenvalue weighted by atomic mass is 32.2. The van der Waals surface area contributed by atoms with E-state index in [1.807, 2.05) is 6.92 Å². The fraction of sp³-hybridized carbons (Fsp3) is 0.909. The summed E-state index contributed by atoms with van der Waals surface area (Å²) in [5, 5.41) is 2.74. The summed E-state index contributed by atoms with van der Waals surface area (Å²) in [7, 11) is -3.32. The van der Waals surface area contributed by atoms with Crippen molar-refractivity contribution in [3.05, 3.63) is 0 Å². The van der Waals surface area contributed by atoms with Crippen molar-refractivity contribution in [2.45, 2.75) is 31.8 Å². The third-order valence-electron chi connectivity index (χ3n) is 4.27. The lowest BCUT2D eigenvalue weighted by molar-refractivity contribution is 0.118. The zero-order chi connectivity index (χ0) is 13.6. The van der Waals surface area contributed by atoms with Crippen molar-refractivity contribution in [2.24, 2.45) is 0 Å². The first-order valence-corrected chi connectivity index (χ1v) is 8.21. The summed E-state index contributed by atoms with van der Waals surface area (Å²) in [5.74, 6) is 0. The van der Waals surface area contributed by atoms with E-state index in [-0.39, 0.29) is 18.1 Å². The minimum Gasteiger partial charge on any atom is -0.336 e. The SMILES string of the molecule is C[C@@H]1CCCN1S(=O)(=O)N1CC(N2CCNC2=O)C1. The van der Waals surface area contributed by atoms with Gasteiger partial charge in [-0.25, -0.2) is 4.79 Å². The highest BCUT2D eigenvalue weighted by molar-refractivity contribution is 7.86. The Balaban J connectivity index is 1.62. The zero-order valence-corrected chi connectivity index (χ0v) is 11.9. The van der Waals surface area contributed by atoms with Crippen molar-refractivity contribution in [2.75, 3.05) is 32.7 Å². The van der Waals surface area contributed by atoms with Crippen LogP contribution in [-0.4, -0.2) is 72.8 Å². The number of urea groups is 1. The molecule has 2 amide bonds. The van der Waals surface area contributed by atoms with Crippen molar-refractivity contribution in [3.63, 3.8) is 0 Å². The van der Waals surface area contributed by atoms with E-state index in [0.29, 0.717) is 32.7 Å². The molecule has 3 aliphatic rings. The van der Waals surface area contributed by atoms with Crippen LogP contribution in [0.2, 0.25) is 0 Å². The Morgan fingerprint density at radius 2 is 2.00 bits per heavy atom. The van der Waals surface area contributed by atoms with Crippen LogP contribution < -0.4 is 5.32 Å². The Hall–Kier alpha value is -0.860. The van der Waals surface area contributed by atoms with Gasteiger partial charge in [0, 0.05) is 38.8 Å². The summed E-state index contributed by atoms with van der Waals surface area (Å²) in [6.07, 6.45) is 1.87. The standard InChI is InChI=1S/C11H20N4O3S/c1-9-3-2-5-15(9)19(17,18)13-7-10(8-13)14-6-4-12-11(14)16/h9-10H,2-8H2,1H3,(H,12,16)/t9-/m1/s1. The molecule has 3 fully saturated rings. The van der Waals surface area contributed by atoms with E-state index in [2.05, 4.69) is 5.32 Å². The Kier molecular flexibility index (Phi) is 3.18. The van der Waals surface area contributed by atoms with Gasteiger partial charge in [0.15, 0.2) is 0 Å². The maximum Gasteiger partial charge on any atom is 0.317 e. The Morgan fingerprint density at radius 3 is 2.53 bits per heavy atom. The summed E-state index contributed by atoms with van der Waals surface area (Å²) in [6.45, 7) is 4.77. The van der Waals surface area contributed by atoms with Gasteiger partial charge in [0.25, 0.3) is 10.2 Å². The third-order valence-corrected chi connectivity index (χ3v) is 6.36. The molecule has 0 bridgehead atoms. The summed E-state index contributed by atoms with van der Waals surface area (Å²) >= 11 is 0. The number of carbonyl (C=O) groups is 1. The van der Waals surface area contributed by atoms with Crippen molar-refractivity contribution in [3.8, 4) is 0 Å². The highest BCUT2D eigenvalue weighted by Gasteiger charge is 2.45. The molecule has 3 saturated heterocycles. The molecule has 3 rings (SSSR count). The van der Waals surface area contributed by atoms with Gasteiger partial charge >= 0.3 is 6.03 Å². The van der Waals surface area contributed by atoms with E-state index in [9.17, 15) is 13.2 Å². The van der Waals surface area contributed by atoms with Crippen molar-refractivity contribution >= 4 is 16.2 Å². The largest absolute Gasteiger partial charge is 0.336 e. The molecule has 0 radical (unpaired) electrons. The van der Waals surface area contributed by atoms with E-state index in [1.165, 1.54) is 4.31 Å². The van der Waals surface area contributed by atoms with Crippen LogP contribution in [0.3, 0.4) is 0 Å². The predicted octanol–water partition coefficient (Wildman–Crippen LogP) is -0.575. The van der Waals surface area contributed by atoms with Gasteiger partial charge in [-0.3, -0.25) is 0 Å². The number of nitrogens with one attached hydrogen (secondary N) is 1. The van der Waals surface area contributed by atoms with Crippen LogP contribution in [0, 0.1) is 0 Å². The zero-order valence-electron chi connectivity index (χ0n) is 11.1. The minimum atomic E-state index is -3.32. The molecule has 108 valence electrons. The molecule has 1 atom stereocenters. The smallest absolute Gasteiger partial charge is 0.317 e. The molecule has 3 heterocycles. The molecule has 19 heavy (non-hydrogen) atoms. The molecule has 0 aliphatic carbocycles. The molecule has 0 aromatic carbocycles. The number of hydrogen-bond donors (Lipinski definition) is 1. The normalized spacial score (nSPS) is 30.7. The van der Waals surface area contributed by atoms with Crippen LogP contribution in [0.5, 0.6) is 0 Å². The first-order valence-electron chi connectivity index (χ1n) is 6.81. The predicted molar refractivity (Wildman–Crippen MR) is 69.8 cm³/mol. The van der Waals surface area contributed by atoms with E-state index in [1.54, 1.807) is 9.21 Å². The second kappa shape index (κ2) is 4.60. The van der Waals surface area contributed by atoms with Crippen LogP contribution in [-0.2, 0) is 10.2 Å². The number of hydrogen-bond acceptors (Lipinski definition) is 3. The number of nitrogens with zero attached hydrogens (tertiary/aromatic N) is 3. The average molecular weight is 288 g/mol. The van der Waals surface area contributed by atoms with Gasteiger partial charge < -0.3 is 10.2 Å². The molecule has 8 heteroatoms. The minimum absolute atomic E-state index is 0.0372. The first-order chi connectivity index (χ1) is 9.00. The lowest BCUT2D eigenvalue weighted by atomic mass is 10.1. The maximum atomic E-state index is 12.4. The van der Waals surface area contributed by atoms with Crippen LogP contribution in [0.4, 0.5) is 4.79 Å². The van der Waals surface area contributed by atoms with Gasteiger partial charge in [0.2, 0.25) is 0 Å². The third kappa shape index (κ3) is 2.11. The van der Waals surface area contributed by atoms with Gasteiger partial charge in [-0.1, -0.05) is 0 Å². The number of rotatable bonds is 3. The fourth-order valence-corrected chi connectivity index (χ4v) is 4.97. The molecule has 3 aliphatic heterocycles. The fourth-order valence-electron chi connectivity index (χ4n) is 3.03. The van der Waals surface area contributed by atoms with E-state index in [0.717, 1.165) is 12.8 Å². The molecule has 7 nitrogen and oxygen atoms in total. The Labute approximate surface area is 113 Å². The van der Waals surface area contributed by atoms with E-state index >= 15 is 0 Å². The second-order valence-corrected chi connectivity index (χ2v) is 7.39. The van der Waals surface area contributed by atoms with Gasteiger partial charge in [-0.2, -0.15) is 17.0 Å². The molecular formula is C11H20N4O3S. The van der Waals surface area contributed by atoms with Crippen LogP contribution in [0.25, 0.3) is 0 Å². The molecular weight excluding hydrogens is 268 g/mol. The van der Waals surface area contributed by atoms with Gasteiger partial charge in [0.05, 0.1) is 6.04 Å². The lowest BCUT2D eigenvalue weighted by Gasteiger charge is -2.44. The quantitative estimate of drug-likeness (QED) is 0.755. The first kappa shape index (κ1) is 13.1. The summed E-state index contributed by atoms with van der Waals surface area (Å²) < 4.78 is 27.9. The molecule has 0 saturated carbocycles. The molecule has 0 spiro atoms. The van der Waals surface area contributed by atoms with Gasteiger partial charge in [-0.15, -0.1) is 0 Å². The van der Waals surface area contributed by atoms with Gasteiger partial charge in [0.1, 0.15) is 0 Å². The average Bonchev–Trinajstić information content (AvgIpc) is 2.86. The summed E-state index contributed by atoms with van der Waals surface area (Å²) in [6, 6.07) is 0.0610. The monoisotopic (exact) mass is 288 g/mol. The highest BCUT2D eigenvalue weighted by Crippen LogP contribution is 2.27. The molecule has 0 unspecified atom stereocenters. The molecule has 0 aromatic rings. The van der Waals surface area contributed by atoms with Crippen LogP contribution >= 0.6 is 0 Å². The van der Waals surface area contributed by atoms with E-state index in [4.69, 9.17) is 0 Å². The number of carbonyl (C=O) groups excluding carboxylic acids is 1.